The number of halogens is 3. The number of hydroxylamine groups is 2. The maximum Gasteiger partial charge on any atom is 0.407 e. The summed E-state index contributed by atoms with van der Waals surface area (Å²) in [7, 11) is 2.02. The molecule has 25 heavy (non-hydrogen) atoms. The number of rotatable bonds is 5. The molecule has 9 heteroatoms. The lowest BCUT2D eigenvalue weighted by Crippen LogP contribution is -2.39. The van der Waals surface area contributed by atoms with E-state index in [4.69, 9.17) is 4.74 Å². The number of carbonyl (C=O) groups is 2. The van der Waals surface area contributed by atoms with Crippen molar-refractivity contribution in [3.63, 3.8) is 0 Å². The molecule has 0 aliphatic heterocycles. The van der Waals surface area contributed by atoms with E-state index in [1.54, 1.807) is 20.8 Å². The van der Waals surface area contributed by atoms with Crippen LogP contribution >= 0.6 is 0 Å². The maximum atomic E-state index is 14.4. The summed E-state index contributed by atoms with van der Waals surface area (Å²) in [6.07, 6.45) is -0.820. The first-order valence-electron chi connectivity index (χ1n) is 7.35. The Hall–Kier alpha value is -2.29. The Kier molecular flexibility index (Phi) is 6.42. The van der Waals surface area contributed by atoms with Gasteiger partial charge in [-0.2, -0.15) is 8.78 Å². The van der Waals surface area contributed by atoms with Gasteiger partial charge in [0.15, 0.2) is 0 Å². The first kappa shape index (κ1) is 20.8. The van der Waals surface area contributed by atoms with Gasteiger partial charge in [0.1, 0.15) is 11.4 Å². The number of amides is 2. The van der Waals surface area contributed by atoms with Gasteiger partial charge in [-0.25, -0.2) is 14.2 Å². The van der Waals surface area contributed by atoms with Crippen molar-refractivity contribution in [3.8, 4) is 0 Å². The lowest BCUT2D eigenvalue weighted by atomic mass is 10.0. The molecular weight excluding hydrogens is 341 g/mol. The highest BCUT2D eigenvalue weighted by Gasteiger charge is 2.46. The number of alkyl carbamates (subject to hydrolysis) is 1. The molecule has 2 amide bonds. The van der Waals surface area contributed by atoms with Crippen LogP contribution in [0.25, 0.3) is 0 Å². The van der Waals surface area contributed by atoms with Gasteiger partial charge < -0.3 is 10.1 Å². The Morgan fingerprint density at radius 3 is 2.36 bits per heavy atom. The topological polar surface area (TPSA) is 67.9 Å². The standard InChI is InChI=1S/C16H21F3N2O4/c1-15(2,3)25-14(23)20-9-10-7-6-8-11(12(10)17)16(18,19)13(22)21(4)24-5/h6-8H,9H2,1-5H3,(H,20,23). The van der Waals surface area contributed by atoms with E-state index in [1.807, 2.05) is 0 Å². The van der Waals surface area contributed by atoms with Crippen molar-refractivity contribution in [1.29, 1.82) is 0 Å². The fraction of sp³-hybridized carbons (Fsp3) is 0.500. The van der Waals surface area contributed by atoms with E-state index in [0.29, 0.717) is 5.06 Å². The van der Waals surface area contributed by atoms with Crippen LogP contribution < -0.4 is 5.32 Å². The van der Waals surface area contributed by atoms with Crippen molar-refractivity contribution in [1.82, 2.24) is 10.4 Å². The van der Waals surface area contributed by atoms with Crippen molar-refractivity contribution in [2.75, 3.05) is 14.2 Å². The Morgan fingerprint density at radius 1 is 1.24 bits per heavy atom. The predicted octanol–water partition coefficient (Wildman–Crippen LogP) is 2.96. The van der Waals surface area contributed by atoms with E-state index in [-0.39, 0.29) is 12.1 Å². The third kappa shape index (κ3) is 5.35. The number of hydrogen-bond donors (Lipinski definition) is 1. The van der Waals surface area contributed by atoms with Crippen molar-refractivity contribution in [2.45, 2.75) is 38.8 Å². The lowest BCUT2D eigenvalue weighted by Gasteiger charge is -2.22. The second-order valence-corrected chi connectivity index (χ2v) is 6.19. The number of alkyl halides is 2. The van der Waals surface area contributed by atoms with E-state index < -0.39 is 34.9 Å². The number of benzene rings is 1. The van der Waals surface area contributed by atoms with Gasteiger partial charge in [-0.3, -0.25) is 9.63 Å². The highest BCUT2D eigenvalue weighted by Crippen LogP contribution is 2.33. The highest BCUT2D eigenvalue weighted by molar-refractivity contribution is 5.84. The fourth-order valence-electron chi connectivity index (χ4n) is 1.84. The van der Waals surface area contributed by atoms with Crippen LogP contribution in [0.5, 0.6) is 0 Å². The van der Waals surface area contributed by atoms with Crippen molar-refractivity contribution in [2.24, 2.45) is 0 Å². The predicted molar refractivity (Wildman–Crippen MR) is 83.1 cm³/mol. The summed E-state index contributed by atoms with van der Waals surface area (Å²) in [5.74, 6) is -7.14. The van der Waals surface area contributed by atoms with Crippen LogP contribution in [-0.4, -0.2) is 36.8 Å². The molecule has 0 heterocycles. The summed E-state index contributed by atoms with van der Waals surface area (Å²) in [6, 6.07) is 3.18. The molecule has 140 valence electrons. The SMILES string of the molecule is CON(C)C(=O)C(F)(F)c1cccc(CNC(=O)OC(C)(C)C)c1F. The number of nitrogens with zero attached hydrogens (tertiary/aromatic N) is 1. The molecule has 0 saturated carbocycles. The van der Waals surface area contributed by atoms with Gasteiger partial charge in [-0.1, -0.05) is 12.1 Å². The Bertz CT molecular complexity index is 645. The zero-order valence-electron chi connectivity index (χ0n) is 14.7. The quantitative estimate of drug-likeness (QED) is 0.818. The smallest absolute Gasteiger partial charge is 0.407 e. The van der Waals surface area contributed by atoms with Crippen LogP contribution in [-0.2, 0) is 26.8 Å². The van der Waals surface area contributed by atoms with E-state index >= 15 is 0 Å². The molecule has 0 aliphatic rings. The van der Waals surface area contributed by atoms with Crippen LogP contribution in [0, 0.1) is 5.82 Å². The van der Waals surface area contributed by atoms with Crippen LogP contribution in [0.15, 0.2) is 18.2 Å². The molecule has 1 N–H and O–H groups in total. The van der Waals surface area contributed by atoms with Crippen molar-refractivity contribution >= 4 is 12.0 Å². The number of likely N-dealkylation sites (N-methyl/N-ethyl adjacent to an activating group) is 1. The lowest BCUT2D eigenvalue weighted by molar-refractivity contribution is -0.196. The van der Waals surface area contributed by atoms with Gasteiger partial charge in [0, 0.05) is 19.2 Å². The molecule has 6 nitrogen and oxygen atoms in total. The van der Waals surface area contributed by atoms with E-state index in [2.05, 4.69) is 10.2 Å². The molecule has 0 fully saturated rings. The molecular formula is C16H21F3N2O4. The number of nitrogens with one attached hydrogen (secondary N) is 1. The second-order valence-electron chi connectivity index (χ2n) is 6.19. The number of ether oxygens (including phenoxy) is 1. The van der Waals surface area contributed by atoms with Gasteiger partial charge in [0.25, 0.3) is 0 Å². The third-order valence-corrected chi connectivity index (χ3v) is 3.07. The molecule has 0 aliphatic carbocycles. The highest BCUT2D eigenvalue weighted by atomic mass is 19.3. The van der Waals surface area contributed by atoms with Gasteiger partial charge in [-0.15, -0.1) is 0 Å². The minimum absolute atomic E-state index is 0.212. The van der Waals surface area contributed by atoms with E-state index in [9.17, 15) is 22.8 Å². The summed E-state index contributed by atoms with van der Waals surface area (Å²) < 4.78 is 47.8. The fourth-order valence-corrected chi connectivity index (χ4v) is 1.84. The van der Waals surface area contributed by atoms with Crippen LogP contribution in [0.1, 0.15) is 31.9 Å². The zero-order valence-corrected chi connectivity index (χ0v) is 14.7. The Balaban J connectivity index is 2.99. The van der Waals surface area contributed by atoms with Crippen molar-refractivity contribution < 1.29 is 32.3 Å². The molecule has 0 spiro atoms. The van der Waals surface area contributed by atoms with Gasteiger partial charge in [0.05, 0.1) is 12.7 Å². The number of carbonyl (C=O) groups excluding carboxylic acids is 2. The van der Waals surface area contributed by atoms with E-state index in [1.165, 1.54) is 12.1 Å². The molecule has 1 rings (SSSR count). The molecule has 1 aromatic carbocycles. The first-order valence-corrected chi connectivity index (χ1v) is 7.35. The summed E-state index contributed by atoms with van der Waals surface area (Å²) in [5, 5.41) is 2.58. The average molecular weight is 362 g/mol. The summed E-state index contributed by atoms with van der Waals surface area (Å²) in [4.78, 5) is 27.7. The zero-order chi connectivity index (χ0) is 19.4. The van der Waals surface area contributed by atoms with Gasteiger partial charge in [0.2, 0.25) is 0 Å². The normalized spacial score (nSPS) is 11.8. The van der Waals surface area contributed by atoms with Gasteiger partial charge >= 0.3 is 17.9 Å². The molecule has 0 aromatic heterocycles. The largest absolute Gasteiger partial charge is 0.444 e. The van der Waals surface area contributed by atoms with Crippen LogP contribution in [0.3, 0.4) is 0 Å². The second kappa shape index (κ2) is 7.73. The molecule has 0 unspecified atom stereocenters. The average Bonchev–Trinajstić information content (AvgIpc) is 2.50. The Morgan fingerprint density at radius 2 is 1.84 bits per heavy atom. The number of hydrogen-bond acceptors (Lipinski definition) is 4. The summed E-state index contributed by atoms with van der Waals surface area (Å²) in [5.41, 5.74) is -2.07. The van der Waals surface area contributed by atoms with Crippen LogP contribution in [0.4, 0.5) is 18.0 Å². The maximum absolute atomic E-state index is 14.4. The Labute approximate surface area is 143 Å². The van der Waals surface area contributed by atoms with Crippen LogP contribution in [0.2, 0.25) is 0 Å². The minimum atomic E-state index is -4.13. The van der Waals surface area contributed by atoms with E-state index in [0.717, 1.165) is 20.2 Å². The molecule has 0 saturated heterocycles. The molecule has 0 radical (unpaired) electrons. The molecule has 1 aromatic rings. The molecule has 0 atom stereocenters. The third-order valence-electron chi connectivity index (χ3n) is 3.07. The first-order chi connectivity index (χ1) is 11.4. The monoisotopic (exact) mass is 362 g/mol. The summed E-state index contributed by atoms with van der Waals surface area (Å²) >= 11 is 0. The summed E-state index contributed by atoms with van der Waals surface area (Å²) in [6.45, 7) is 4.56. The molecule has 0 bridgehead atoms. The van der Waals surface area contributed by atoms with Gasteiger partial charge in [-0.05, 0) is 26.8 Å². The minimum Gasteiger partial charge on any atom is -0.444 e. The van der Waals surface area contributed by atoms with Crippen molar-refractivity contribution in [3.05, 3.63) is 35.1 Å².